The zero-order valence-corrected chi connectivity index (χ0v) is 20.7. The fourth-order valence-electron chi connectivity index (χ4n) is 4.15. The molecule has 32 heavy (non-hydrogen) atoms. The molecule has 1 amide bonds. The number of hydrogen-bond donors (Lipinski definition) is 1. The van der Waals surface area contributed by atoms with E-state index in [0.29, 0.717) is 31.1 Å². The van der Waals surface area contributed by atoms with Gasteiger partial charge in [-0.25, -0.2) is 8.42 Å². The number of carbonyl (C=O) groups is 1. The van der Waals surface area contributed by atoms with Crippen LogP contribution >= 0.6 is 11.3 Å². The van der Waals surface area contributed by atoms with Gasteiger partial charge in [0.2, 0.25) is 10.0 Å². The van der Waals surface area contributed by atoms with Gasteiger partial charge in [0.05, 0.1) is 7.11 Å². The number of likely N-dealkylation sites (tertiary alicyclic amines) is 1. The average molecular weight is 480 g/mol. The van der Waals surface area contributed by atoms with E-state index in [0.717, 1.165) is 32.5 Å². The molecule has 2 aromatic rings. The van der Waals surface area contributed by atoms with Crippen LogP contribution in [0.1, 0.15) is 41.9 Å². The highest BCUT2D eigenvalue weighted by Crippen LogP contribution is 2.28. The smallest absolute Gasteiger partial charge is 0.251 e. The Labute approximate surface area is 195 Å². The molecule has 176 valence electrons. The first kappa shape index (κ1) is 24.7. The number of nitrogens with zero attached hydrogens (tertiary/aromatic N) is 2. The molecule has 1 atom stereocenters. The first-order valence-electron chi connectivity index (χ1n) is 11.1. The molecule has 0 aliphatic carbocycles. The number of nitrogens with one attached hydrogen (secondary N) is 1. The van der Waals surface area contributed by atoms with Gasteiger partial charge in [0.25, 0.3) is 5.91 Å². The third kappa shape index (κ3) is 5.89. The molecule has 9 heteroatoms. The second-order valence-corrected chi connectivity index (χ2v) is 10.9. The lowest BCUT2D eigenvalue weighted by atomic mass is 9.98. The molecule has 1 fully saturated rings. The molecule has 1 aromatic carbocycles. The van der Waals surface area contributed by atoms with Crippen molar-refractivity contribution < 1.29 is 17.9 Å². The van der Waals surface area contributed by atoms with Crippen LogP contribution in [0.5, 0.6) is 5.75 Å². The maximum Gasteiger partial charge on any atom is 0.251 e. The Kier molecular flexibility index (Phi) is 8.70. The lowest BCUT2D eigenvalue weighted by molar-refractivity contribution is 0.0930. The van der Waals surface area contributed by atoms with Crippen LogP contribution in [0.25, 0.3) is 0 Å². The number of thiophene rings is 1. The van der Waals surface area contributed by atoms with Gasteiger partial charge in [-0.15, -0.1) is 11.3 Å². The first-order chi connectivity index (χ1) is 15.4. The summed E-state index contributed by atoms with van der Waals surface area (Å²) in [7, 11) is -2.31. The predicted molar refractivity (Wildman–Crippen MR) is 128 cm³/mol. The van der Waals surface area contributed by atoms with Crippen LogP contribution in [-0.4, -0.2) is 63.4 Å². The molecule has 1 N–H and O–H groups in total. The quantitative estimate of drug-likeness (QED) is 0.565. The van der Waals surface area contributed by atoms with Crippen LogP contribution in [0.4, 0.5) is 0 Å². The van der Waals surface area contributed by atoms with E-state index in [-0.39, 0.29) is 16.6 Å². The number of carbonyl (C=O) groups excluding carboxylic acids is 1. The van der Waals surface area contributed by atoms with Crippen LogP contribution in [0.15, 0.2) is 40.6 Å². The van der Waals surface area contributed by atoms with Crippen molar-refractivity contribution in [2.24, 2.45) is 5.92 Å². The van der Waals surface area contributed by atoms with Crippen molar-refractivity contribution in [3.05, 3.63) is 46.2 Å². The molecule has 3 rings (SSSR count). The molecule has 2 heterocycles. The highest BCUT2D eigenvalue weighted by atomic mass is 32.2. The molecule has 1 unspecified atom stereocenters. The van der Waals surface area contributed by atoms with Crippen molar-refractivity contribution >= 4 is 27.3 Å². The van der Waals surface area contributed by atoms with E-state index in [9.17, 15) is 13.2 Å². The van der Waals surface area contributed by atoms with Gasteiger partial charge in [-0.3, -0.25) is 9.69 Å². The third-order valence-corrected chi connectivity index (χ3v) is 8.80. The summed E-state index contributed by atoms with van der Waals surface area (Å²) in [6.07, 6.45) is 2.19. The number of rotatable bonds is 10. The Morgan fingerprint density at radius 1 is 1.28 bits per heavy atom. The normalized spacial score (nSPS) is 17.4. The van der Waals surface area contributed by atoms with Gasteiger partial charge in [0.15, 0.2) is 0 Å². The van der Waals surface area contributed by atoms with Crippen LogP contribution in [0.3, 0.4) is 0 Å². The Bertz CT molecular complexity index is 989. The molecule has 1 aromatic heterocycles. The molecule has 1 aliphatic heterocycles. The number of sulfonamides is 1. The molecule has 0 saturated carbocycles. The Morgan fingerprint density at radius 2 is 2.06 bits per heavy atom. The van der Waals surface area contributed by atoms with E-state index in [1.807, 2.05) is 0 Å². The predicted octanol–water partition coefficient (Wildman–Crippen LogP) is 3.43. The minimum Gasteiger partial charge on any atom is -0.495 e. The Balaban J connectivity index is 1.66. The third-order valence-electron chi connectivity index (χ3n) is 5.86. The molecular weight excluding hydrogens is 446 g/mol. The molecule has 1 saturated heterocycles. The zero-order chi connectivity index (χ0) is 23.1. The van der Waals surface area contributed by atoms with Crippen LogP contribution in [0, 0.1) is 5.92 Å². The van der Waals surface area contributed by atoms with Gasteiger partial charge < -0.3 is 10.1 Å². The summed E-state index contributed by atoms with van der Waals surface area (Å²) in [5, 5.41) is 5.11. The average Bonchev–Trinajstić information content (AvgIpc) is 3.31. The summed E-state index contributed by atoms with van der Waals surface area (Å²) in [6.45, 7) is 7.82. The van der Waals surface area contributed by atoms with Crippen molar-refractivity contribution in [2.45, 2.75) is 38.1 Å². The number of hydrogen-bond acceptors (Lipinski definition) is 6. The Hall–Kier alpha value is -1.94. The van der Waals surface area contributed by atoms with Crippen molar-refractivity contribution in [1.82, 2.24) is 14.5 Å². The van der Waals surface area contributed by atoms with Crippen molar-refractivity contribution in [1.29, 1.82) is 0 Å². The largest absolute Gasteiger partial charge is 0.495 e. The van der Waals surface area contributed by atoms with E-state index >= 15 is 0 Å². The standard InChI is InChI=1S/C23H33N3O4S2/c1-4-26(5-2)32(28,29)22-14-19(10-11-21(22)30-3)23(27)24-15-18-8-6-12-25(16-18)17-20-9-7-13-31-20/h7,9-11,13-14,18H,4-6,8,12,15-17H2,1-3H3,(H,24,27). The number of methoxy groups -OCH3 is 1. The second kappa shape index (κ2) is 11.3. The van der Waals surface area contributed by atoms with Crippen LogP contribution in [-0.2, 0) is 16.6 Å². The minimum atomic E-state index is -3.74. The van der Waals surface area contributed by atoms with Crippen LogP contribution in [0.2, 0.25) is 0 Å². The van der Waals surface area contributed by atoms with Gasteiger partial charge in [-0.2, -0.15) is 4.31 Å². The van der Waals surface area contributed by atoms with Gasteiger partial charge in [-0.1, -0.05) is 19.9 Å². The molecule has 0 spiro atoms. The number of ether oxygens (including phenoxy) is 1. The fourth-order valence-corrected chi connectivity index (χ4v) is 6.53. The molecule has 0 bridgehead atoms. The van der Waals surface area contributed by atoms with Crippen molar-refractivity contribution in [2.75, 3.05) is 39.8 Å². The Morgan fingerprint density at radius 3 is 2.72 bits per heavy atom. The summed E-state index contributed by atoms with van der Waals surface area (Å²) in [5.41, 5.74) is 0.322. The number of amides is 1. The van der Waals surface area contributed by atoms with E-state index < -0.39 is 10.0 Å². The lowest BCUT2D eigenvalue weighted by Crippen LogP contribution is -2.40. The van der Waals surface area contributed by atoms with E-state index in [2.05, 4.69) is 27.7 Å². The van der Waals surface area contributed by atoms with Gasteiger partial charge in [0, 0.05) is 43.2 Å². The van der Waals surface area contributed by atoms with Crippen LogP contribution < -0.4 is 10.1 Å². The molecule has 1 aliphatic rings. The van der Waals surface area contributed by atoms with E-state index in [4.69, 9.17) is 4.74 Å². The summed E-state index contributed by atoms with van der Waals surface area (Å²) in [4.78, 5) is 16.7. The van der Waals surface area contributed by atoms with Crippen molar-refractivity contribution in [3.63, 3.8) is 0 Å². The van der Waals surface area contributed by atoms with E-state index in [1.54, 1.807) is 37.3 Å². The van der Waals surface area contributed by atoms with Gasteiger partial charge >= 0.3 is 0 Å². The maximum absolute atomic E-state index is 13.0. The zero-order valence-electron chi connectivity index (χ0n) is 19.0. The fraction of sp³-hybridized carbons (Fsp3) is 0.522. The molecule has 7 nitrogen and oxygen atoms in total. The number of benzene rings is 1. The second-order valence-electron chi connectivity index (χ2n) is 7.99. The molecular formula is C23H33N3O4S2. The summed E-state index contributed by atoms with van der Waals surface area (Å²) in [6, 6.07) is 8.81. The summed E-state index contributed by atoms with van der Waals surface area (Å²) >= 11 is 1.77. The molecule has 0 radical (unpaired) electrons. The van der Waals surface area contributed by atoms with Gasteiger partial charge in [-0.05, 0) is 54.9 Å². The minimum absolute atomic E-state index is 0.0242. The highest BCUT2D eigenvalue weighted by Gasteiger charge is 2.27. The summed E-state index contributed by atoms with van der Waals surface area (Å²) in [5.74, 6) is 0.355. The van der Waals surface area contributed by atoms with Crippen molar-refractivity contribution in [3.8, 4) is 5.75 Å². The highest BCUT2D eigenvalue weighted by molar-refractivity contribution is 7.89. The topological polar surface area (TPSA) is 79.0 Å². The summed E-state index contributed by atoms with van der Waals surface area (Å²) < 4.78 is 32.7. The number of piperidine rings is 1. The SMILES string of the molecule is CCN(CC)S(=O)(=O)c1cc(C(=O)NCC2CCCN(Cc3cccs3)C2)ccc1OC. The van der Waals surface area contributed by atoms with E-state index in [1.165, 1.54) is 22.4 Å². The van der Waals surface area contributed by atoms with Gasteiger partial charge in [0.1, 0.15) is 10.6 Å². The maximum atomic E-state index is 13.0. The lowest BCUT2D eigenvalue weighted by Gasteiger charge is -2.32. The monoisotopic (exact) mass is 479 g/mol. The first-order valence-corrected chi connectivity index (χ1v) is 13.4.